The fourth-order valence-corrected chi connectivity index (χ4v) is 2.45. The number of hydrogen-bond acceptors (Lipinski definition) is 6. The zero-order chi connectivity index (χ0) is 22.6. The van der Waals surface area contributed by atoms with E-state index in [9.17, 15) is 9.59 Å². The van der Waals surface area contributed by atoms with Crippen LogP contribution in [0.2, 0.25) is 0 Å². The molecule has 0 atom stereocenters. The molecule has 0 aliphatic heterocycles. The summed E-state index contributed by atoms with van der Waals surface area (Å²) >= 11 is 5.02. The number of carbonyl (C=O) groups excluding carboxylic acids is 2. The Morgan fingerprint density at radius 1 is 0.903 bits per heavy atom. The van der Waals surface area contributed by atoms with E-state index < -0.39 is 11.8 Å². The lowest BCUT2D eigenvalue weighted by Crippen LogP contribution is -2.49. The first-order chi connectivity index (χ1) is 14.9. The van der Waals surface area contributed by atoms with Crippen LogP contribution in [0, 0.1) is 5.92 Å². The number of amides is 2. The molecule has 2 amide bonds. The van der Waals surface area contributed by atoms with Gasteiger partial charge in [-0.25, -0.2) is 0 Å². The van der Waals surface area contributed by atoms with Gasteiger partial charge in [0.2, 0.25) is 0 Å². The van der Waals surface area contributed by atoms with Crippen molar-refractivity contribution in [1.82, 2.24) is 16.2 Å². The van der Waals surface area contributed by atoms with Gasteiger partial charge in [0.25, 0.3) is 11.8 Å². The van der Waals surface area contributed by atoms with Crippen molar-refractivity contribution in [3.05, 3.63) is 54.1 Å². The number of methoxy groups -OCH3 is 1. The van der Waals surface area contributed by atoms with Gasteiger partial charge in [-0.15, -0.1) is 0 Å². The van der Waals surface area contributed by atoms with Gasteiger partial charge in [0, 0.05) is 5.56 Å². The van der Waals surface area contributed by atoms with Crippen molar-refractivity contribution >= 4 is 29.1 Å². The summed E-state index contributed by atoms with van der Waals surface area (Å²) in [5.41, 5.74) is 5.23. The minimum Gasteiger partial charge on any atom is -0.497 e. The molecule has 166 valence electrons. The van der Waals surface area contributed by atoms with Crippen LogP contribution in [0.25, 0.3) is 0 Å². The molecule has 8 nitrogen and oxygen atoms in total. The number of benzene rings is 2. The standard InChI is InChI=1S/C22H27N3O5S/c1-15(2)12-13-29-18-6-4-16(5-7-18)21(27)23-22(31)25-24-20(26)14-30-19-10-8-17(28-3)9-11-19/h4-11,15H,12-14H2,1-3H3,(H,24,26)(H2,23,25,27,31). The van der Waals surface area contributed by atoms with Gasteiger partial charge in [-0.1, -0.05) is 13.8 Å². The molecule has 2 rings (SSSR count). The molecule has 0 fully saturated rings. The first kappa shape index (κ1) is 23.9. The van der Waals surface area contributed by atoms with Crippen molar-refractivity contribution in [2.45, 2.75) is 20.3 Å². The van der Waals surface area contributed by atoms with Crippen molar-refractivity contribution < 1.29 is 23.8 Å². The second kappa shape index (κ2) is 12.4. The number of nitrogens with one attached hydrogen (secondary N) is 3. The lowest BCUT2D eigenvalue weighted by atomic mass is 10.1. The van der Waals surface area contributed by atoms with Crippen LogP contribution in [0.3, 0.4) is 0 Å². The number of ether oxygens (including phenoxy) is 3. The van der Waals surface area contributed by atoms with Gasteiger partial charge in [0.15, 0.2) is 11.7 Å². The number of hydrogen-bond donors (Lipinski definition) is 3. The van der Waals surface area contributed by atoms with Crippen LogP contribution < -0.4 is 30.4 Å². The molecule has 0 bridgehead atoms. The Kier molecular flexibility index (Phi) is 9.57. The van der Waals surface area contributed by atoms with E-state index in [1.807, 2.05) is 0 Å². The van der Waals surface area contributed by atoms with Crippen molar-refractivity contribution in [3.8, 4) is 17.2 Å². The summed E-state index contributed by atoms with van der Waals surface area (Å²) in [5, 5.41) is 2.45. The van der Waals surface area contributed by atoms with Gasteiger partial charge in [0.05, 0.1) is 13.7 Å². The van der Waals surface area contributed by atoms with Crippen LogP contribution in [0.4, 0.5) is 0 Å². The lowest BCUT2D eigenvalue weighted by Gasteiger charge is -2.12. The Hall–Kier alpha value is -3.33. The van der Waals surface area contributed by atoms with E-state index in [4.69, 9.17) is 26.4 Å². The van der Waals surface area contributed by atoms with E-state index in [1.54, 1.807) is 55.6 Å². The van der Waals surface area contributed by atoms with Crippen molar-refractivity contribution in [3.63, 3.8) is 0 Å². The van der Waals surface area contributed by atoms with Crippen LogP contribution in [0.15, 0.2) is 48.5 Å². The topological polar surface area (TPSA) is 97.9 Å². The monoisotopic (exact) mass is 445 g/mol. The van der Waals surface area contributed by atoms with E-state index in [1.165, 1.54) is 0 Å². The van der Waals surface area contributed by atoms with Gasteiger partial charge < -0.3 is 14.2 Å². The molecule has 9 heteroatoms. The van der Waals surface area contributed by atoms with Gasteiger partial charge in [-0.05, 0) is 73.1 Å². The van der Waals surface area contributed by atoms with Crippen molar-refractivity contribution in [2.24, 2.45) is 5.92 Å². The molecule has 0 aliphatic rings. The molecule has 0 aliphatic carbocycles. The largest absolute Gasteiger partial charge is 0.497 e. The third-order valence-corrected chi connectivity index (χ3v) is 4.26. The highest BCUT2D eigenvalue weighted by molar-refractivity contribution is 7.80. The molecule has 2 aromatic carbocycles. The number of carbonyl (C=O) groups is 2. The summed E-state index contributed by atoms with van der Waals surface area (Å²) in [6, 6.07) is 13.6. The zero-order valence-corrected chi connectivity index (χ0v) is 18.6. The zero-order valence-electron chi connectivity index (χ0n) is 17.8. The molecular formula is C22H27N3O5S. The SMILES string of the molecule is COc1ccc(OCC(=O)NNC(=S)NC(=O)c2ccc(OCCC(C)C)cc2)cc1. The smallest absolute Gasteiger partial charge is 0.276 e. The van der Waals surface area contributed by atoms with Crippen LogP contribution in [0.5, 0.6) is 17.2 Å². The summed E-state index contributed by atoms with van der Waals surface area (Å²) in [7, 11) is 1.56. The molecule has 0 saturated carbocycles. The molecule has 3 N–H and O–H groups in total. The van der Waals surface area contributed by atoms with E-state index in [0.29, 0.717) is 35.3 Å². The lowest BCUT2D eigenvalue weighted by molar-refractivity contribution is -0.123. The summed E-state index contributed by atoms with van der Waals surface area (Å²) in [6.07, 6.45) is 0.957. The summed E-state index contributed by atoms with van der Waals surface area (Å²) in [4.78, 5) is 24.1. The molecule has 0 radical (unpaired) electrons. The number of thiocarbonyl (C=S) groups is 1. The second-order valence-electron chi connectivity index (χ2n) is 6.98. The normalized spacial score (nSPS) is 10.2. The predicted octanol–water partition coefficient (Wildman–Crippen LogP) is 2.83. The van der Waals surface area contributed by atoms with Gasteiger partial charge in [0.1, 0.15) is 17.2 Å². The highest BCUT2D eigenvalue weighted by Gasteiger charge is 2.09. The van der Waals surface area contributed by atoms with E-state index in [0.717, 1.165) is 6.42 Å². The predicted molar refractivity (Wildman–Crippen MR) is 121 cm³/mol. The number of hydrazine groups is 1. The Labute approximate surface area is 187 Å². The first-order valence-electron chi connectivity index (χ1n) is 9.77. The van der Waals surface area contributed by atoms with Crippen LogP contribution in [0.1, 0.15) is 30.6 Å². The molecule has 0 heterocycles. The third kappa shape index (κ3) is 8.91. The van der Waals surface area contributed by atoms with Gasteiger partial charge in [-0.2, -0.15) is 0 Å². The molecular weight excluding hydrogens is 418 g/mol. The molecule has 0 saturated heterocycles. The van der Waals surface area contributed by atoms with Crippen LogP contribution in [-0.2, 0) is 4.79 Å². The molecule has 0 unspecified atom stereocenters. The van der Waals surface area contributed by atoms with Crippen molar-refractivity contribution in [2.75, 3.05) is 20.3 Å². The maximum Gasteiger partial charge on any atom is 0.276 e. The maximum absolute atomic E-state index is 12.3. The quantitative estimate of drug-likeness (QED) is 0.403. The summed E-state index contributed by atoms with van der Waals surface area (Å²) < 4.78 is 16.0. The fourth-order valence-electron chi connectivity index (χ4n) is 2.30. The van der Waals surface area contributed by atoms with Crippen LogP contribution >= 0.6 is 12.2 Å². The average molecular weight is 446 g/mol. The third-order valence-electron chi connectivity index (χ3n) is 4.05. The molecule has 0 aromatic heterocycles. The molecule has 0 spiro atoms. The first-order valence-corrected chi connectivity index (χ1v) is 10.2. The van der Waals surface area contributed by atoms with E-state index in [2.05, 4.69) is 30.0 Å². The fraction of sp³-hybridized carbons (Fsp3) is 0.318. The Morgan fingerprint density at radius 2 is 1.48 bits per heavy atom. The minimum atomic E-state index is -0.463. The van der Waals surface area contributed by atoms with E-state index in [-0.39, 0.29) is 11.7 Å². The van der Waals surface area contributed by atoms with Crippen LogP contribution in [-0.4, -0.2) is 37.3 Å². The summed E-state index contributed by atoms with van der Waals surface area (Å²) in [5.74, 6) is 1.59. The van der Waals surface area contributed by atoms with E-state index >= 15 is 0 Å². The average Bonchev–Trinajstić information content (AvgIpc) is 2.76. The van der Waals surface area contributed by atoms with Crippen molar-refractivity contribution in [1.29, 1.82) is 0 Å². The summed E-state index contributed by atoms with van der Waals surface area (Å²) in [6.45, 7) is 4.65. The molecule has 31 heavy (non-hydrogen) atoms. The second-order valence-corrected chi connectivity index (χ2v) is 7.38. The highest BCUT2D eigenvalue weighted by Crippen LogP contribution is 2.16. The maximum atomic E-state index is 12.3. The minimum absolute atomic E-state index is 0.0416. The Balaban J connectivity index is 1.69. The molecule has 2 aromatic rings. The van der Waals surface area contributed by atoms with Gasteiger partial charge in [-0.3, -0.25) is 25.8 Å². The Morgan fingerprint density at radius 3 is 2.10 bits per heavy atom. The highest BCUT2D eigenvalue weighted by atomic mass is 32.1. The Bertz CT molecular complexity index is 870. The van der Waals surface area contributed by atoms with Gasteiger partial charge >= 0.3 is 0 Å². The number of rotatable bonds is 9.